The summed E-state index contributed by atoms with van der Waals surface area (Å²) in [6, 6.07) is 4.71. The molecule has 0 aromatic heterocycles. The number of hydrogen-bond donors (Lipinski definition) is 2. The number of carboxylic acid groups (broad SMARTS) is 1. The van der Waals surface area contributed by atoms with Crippen molar-refractivity contribution in [3.05, 3.63) is 29.3 Å². The van der Waals surface area contributed by atoms with E-state index in [9.17, 15) is 9.00 Å². The number of hydrogen-bond acceptors (Lipinski definition) is 2. The van der Waals surface area contributed by atoms with E-state index in [0.29, 0.717) is 11.4 Å². The summed E-state index contributed by atoms with van der Waals surface area (Å²) < 4.78 is 14.0. The van der Waals surface area contributed by atoms with Crippen LogP contribution in [0.1, 0.15) is 22.8 Å². The molecule has 5 heteroatoms. The highest BCUT2D eigenvalue weighted by atomic mass is 32.2. The van der Waals surface area contributed by atoms with Crippen LogP contribution >= 0.6 is 0 Å². The average molecular weight is 227 g/mol. The lowest BCUT2D eigenvalue weighted by Crippen LogP contribution is -2.08. The Balaban J connectivity index is 3.00. The average Bonchev–Trinajstić information content (AvgIpc) is 2.20. The van der Waals surface area contributed by atoms with Gasteiger partial charge >= 0.3 is 5.97 Å². The van der Waals surface area contributed by atoms with Gasteiger partial charge in [0.05, 0.1) is 11.3 Å². The molecule has 0 saturated carbocycles. The van der Waals surface area contributed by atoms with Crippen molar-refractivity contribution in [2.24, 2.45) is 0 Å². The molecule has 82 valence electrons. The second kappa shape index (κ2) is 4.93. The van der Waals surface area contributed by atoms with Crippen LogP contribution < -0.4 is 4.72 Å². The molecule has 4 nitrogen and oxygen atoms in total. The summed E-state index contributed by atoms with van der Waals surface area (Å²) in [6.07, 6.45) is 0. The highest BCUT2D eigenvalue weighted by Crippen LogP contribution is 2.17. The first kappa shape index (κ1) is 11.7. The molecule has 15 heavy (non-hydrogen) atoms. The summed E-state index contributed by atoms with van der Waals surface area (Å²) in [5.74, 6) is -0.503. The predicted octanol–water partition coefficient (Wildman–Crippen LogP) is 1.79. The Hall–Kier alpha value is -1.36. The van der Waals surface area contributed by atoms with Gasteiger partial charge in [-0.25, -0.2) is 9.00 Å². The molecular weight excluding hydrogens is 214 g/mol. The zero-order chi connectivity index (χ0) is 11.4. The zero-order valence-corrected chi connectivity index (χ0v) is 9.43. The summed E-state index contributed by atoms with van der Waals surface area (Å²) >= 11 is 0. The van der Waals surface area contributed by atoms with Crippen LogP contribution in [0.2, 0.25) is 0 Å². The topological polar surface area (TPSA) is 66.4 Å². The minimum Gasteiger partial charge on any atom is -0.478 e. The highest BCUT2D eigenvalue weighted by molar-refractivity contribution is 7.86. The van der Waals surface area contributed by atoms with E-state index in [-0.39, 0.29) is 5.56 Å². The second-order valence-corrected chi connectivity index (χ2v) is 4.54. The van der Waals surface area contributed by atoms with Gasteiger partial charge in [-0.1, -0.05) is 13.0 Å². The molecule has 1 rings (SSSR count). The quantitative estimate of drug-likeness (QED) is 0.824. The van der Waals surface area contributed by atoms with Gasteiger partial charge in [-0.05, 0) is 24.6 Å². The number of anilines is 1. The van der Waals surface area contributed by atoms with E-state index in [1.165, 1.54) is 12.1 Å². The van der Waals surface area contributed by atoms with Crippen molar-refractivity contribution in [2.45, 2.75) is 13.8 Å². The largest absolute Gasteiger partial charge is 0.478 e. The minimum absolute atomic E-state index is 0.191. The summed E-state index contributed by atoms with van der Waals surface area (Å²) in [7, 11) is -1.15. The summed E-state index contributed by atoms with van der Waals surface area (Å²) in [4.78, 5) is 10.7. The summed E-state index contributed by atoms with van der Waals surface area (Å²) in [5.41, 5.74) is 1.67. The van der Waals surface area contributed by atoms with Crippen molar-refractivity contribution < 1.29 is 14.1 Å². The molecule has 1 unspecified atom stereocenters. The van der Waals surface area contributed by atoms with Gasteiger partial charge in [-0.2, -0.15) is 0 Å². The summed E-state index contributed by atoms with van der Waals surface area (Å²) in [5, 5.41) is 8.79. The third kappa shape index (κ3) is 3.06. The lowest BCUT2D eigenvalue weighted by atomic mass is 10.1. The van der Waals surface area contributed by atoms with Crippen LogP contribution in [-0.4, -0.2) is 21.0 Å². The first-order valence-corrected chi connectivity index (χ1v) is 5.85. The van der Waals surface area contributed by atoms with Gasteiger partial charge in [0.2, 0.25) is 0 Å². The van der Waals surface area contributed by atoms with Gasteiger partial charge < -0.3 is 9.83 Å². The van der Waals surface area contributed by atoms with Gasteiger partial charge in [-0.15, -0.1) is 0 Å². The number of aromatic carboxylic acids is 1. The first-order valence-electron chi connectivity index (χ1n) is 4.53. The van der Waals surface area contributed by atoms with Crippen molar-refractivity contribution in [2.75, 3.05) is 10.5 Å². The Morgan fingerprint density at radius 1 is 1.53 bits per heavy atom. The number of aryl methyl sites for hydroxylation is 1. The van der Waals surface area contributed by atoms with Crippen LogP contribution in [-0.2, 0) is 11.0 Å². The van der Waals surface area contributed by atoms with Crippen LogP contribution in [0.3, 0.4) is 0 Å². The third-order valence-corrected chi connectivity index (χ3v) is 2.94. The third-order valence-electron chi connectivity index (χ3n) is 1.97. The maximum absolute atomic E-state index is 11.3. The minimum atomic E-state index is -1.15. The van der Waals surface area contributed by atoms with Gasteiger partial charge in [0.1, 0.15) is 11.0 Å². The predicted molar refractivity (Wildman–Crippen MR) is 60.4 cm³/mol. The standard InChI is InChI=1S/C10H13NO3S/c1-3-15(14)11-9-6-8(10(12)13)5-4-7(9)2/h4-6,11H,3H2,1-2H3,(H,12,13). The Morgan fingerprint density at radius 2 is 2.20 bits per heavy atom. The van der Waals surface area contributed by atoms with Crippen LogP contribution in [0.4, 0.5) is 5.69 Å². The number of nitrogens with one attached hydrogen (secondary N) is 1. The van der Waals surface area contributed by atoms with Crippen molar-refractivity contribution in [1.29, 1.82) is 0 Å². The monoisotopic (exact) mass is 227 g/mol. The molecule has 0 aliphatic carbocycles. The van der Waals surface area contributed by atoms with Gasteiger partial charge in [0.15, 0.2) is 0 Å². The van der Waals surface area contributed by atoms with Gasteiger partial charge in [0.25, 0.3) is 0 Å². The van der Waals surface area contributed by atoms with E-state index in [1.807, 2.05) is 6.92 Å². The van der Waals surface area contributed by atoms with E-state index in [1.54, 1.807) is 13.0 Å². The molecule has 2 N–H and O–H groups in total. The summed E-state index contributed by atoms with van der Waals surface area (Å²) in [6.45, 7) is 3.63. The van der Waals surface area contributed by atoms with Crippen molar-refractivity contribution in [1.82, 2.24) is 0 Å². The molecule has 0 spiro atoms. The highest BCUT2D eigenvalue weighted by Gasteiger charge is 2.07. The zero-order valence-electron chi connectivity index (χ0n) is 8.61. The van der Waals surface area contributed by atoms with Crippen LogP contribution in [0, 0.1) is 6.92 Å². The first-order chi connectivity index (χ1) is 7.04. The van der Waals surface area contributed by atoms with Crippen LogP contribution in [0.5, 0.6) is 0 Å². The van der Waals surface area contributed by atoms with Gasteiger partial charge in [-0.3, -0.25) is 0 Å². The fourth-order valence-corrected chi connectivity index (χ4v) is 1.67. The van der Waals surface area contributed by atoms with E-state index in [4.69, 9.17) is 5.11 Å². The number of carboxylic acids is 1. The van der Waals surface area contributed by atoms with Crippen molar-refractivity contribution in [3.8, 4) is 0 Å². The fourth-order valence-electron chi connectivity index (χ4n) is 1.06. The molecule has 0 aliphatic rings. The molecule has 1 aromatic rings. The van der Waals surface area contributed by atoms with Crippen LogP contribution in [0.25, 0.3) is 0 Å². The molecule has 0 aliphatic heterocycles. The number of carbonyl (C=O) groups is 1. The maximum Gasteiger partial charge on any atom is 0.335 e. The molecule has 0 bridgehead atoms. The van der Waals surface area contributed by atoms with E-state index in [2.05, 4.69) is 4.72 Å². The lowest BCUT2D eigenvalue weighted by molar-refractivity contribution is 0.0697. The number of benzene rings is 1. The van der Waals surface area contributed by atoms with Crippen molar-refractivity contribution in [3.63, 3.8) is 0 Å². The SMILES string of the molecule is CCS(=O)Nc1cc(C(=O)O)ccc1C. The fraction of sp³-hybridized carbons (Fsp3) is 0.300. The Bertz CT molecular complexity index is 404. The van der Waals surface area contributed by atoms with Gasteiger partial charge in [0, 0.05) is 5.75 Å². The molecule has 0 amide bonds. The molecular formula is C10H13NO3S. The maximum atomic E-state index is 11.3. The molecule has 1 atom stereocenters. The molecule has 0 radical (unpaired) electrons. The van der Waals surface area contributed by atoms with E-state index >= 15 is 0 Å². The Morgan fingerprint density at radius 3 is 2.73 bits per heavy atom. The Labute approximate surface area is 90.9 Å². The lowest BCUT2D eigenvalue weighted by Gasteiger charge is -2.08. The van der Waals surface area contributed by atoms with Crippen LogP contribution in [0.15, 0.2) is 18.2 Å². The Kier molecular flexibility index (Phi) is 3.85. The van der Waals surface area contributed by atoms with E-state index in [0.717, 1.165) is 5.56 Å². The molecule has 0 heterocycles. The van der Waals surface area contributed by atoms with Crippen molar-refractivity contribution >= 4 is 22.6 Å². The number of rotatable bonds is 4. The van der Waals surface area contributed by atoms with E-state index < -0.39 is 17.0 Å². The normalized spacial score (nSPS) is 12.1. The molecule has 0 fully saturated rings. The second-order valence-electron chi connectivity index (χ2n) is 3.07. The molecule has 1 aromatic carbocycles. The molecule has 0 saturated heterocycles. The smallest absolute Gasteiger partial charge is 0.335 e.